The van der Waals surface area contributed by atoms with Gasteiger partial charge in [-0.3, -0.25) is 14.4 Å². The zero-order valence-corrected chi connectivity index (χ0v) is 31.9. The lowest BCUT2D eigenvalue weighted by Gasteiger charge is -2.11. The molecule has 51 heavy (non-hydrogen) atoms. The van der Waals surface area contributed by atoms with Crippen molar-refractivity contribution in [3.63, 3.8) is 0 Å². The van der Waals surface area contributed by atoms with Crippen molar-refractivity contribution in [2.45, 2.75) is 138 Å². The number of nitrogens with one attached hydrogen (secondary N) is 2. The number of ketones is 1. The van der Waals surface area contributed by atoms with E-state index in [1.165, 1.54) is 42.5 Å². The van der Waals surface area contributed by atoms with Crippen LogP contribution in [0.2, 0.25) is 5.02 Å². The van der Waals surface area contributed by atoms with Crippen molar-refractivity contribution in [2.75, 3.05) is 13.1 Å². The van der Waals surface area contributed by atoms with Crippen LogP contribution < -0.4 is 9.44 Å². The molecule has 0 spiro atoms. The summed E-state index contributed by atoms with van der Waals surface area (Å²) in [5.74, 6) is -2.00. The minimum absolute atomic E-state index is 0.0428. The second-order valence-electron chi connectivity index (χ2n) is 12.9. The highest BCUT2D eigenvalue weighted by Gasteiger charge is 2.21. The van der Waals surface area contributed by atoms with Crippen molar-refractivity contribution in [3.8, 4) is 0 Å². The van der Waals surface area contributed by atoms with Gasteiger partial charge in [-0.05, 0) is 56.0 Å². The van der Waals surface area contributed by atoms with E-state index in [1.54, 1.807) is 0 Å². The van der Waals surface area contributed by atoms with Gasteiger partial charge in [0.15, 0.2) is 5.78 Å². The van der Waals surface area contributed by atoms with E-state index in [0.717, 1.165) is 89.9 Å². The Balaban J connectivity index is 1.75. The highest BCUT2D eigenvalue weighted by Crippen LogP contribution is 2.25. The van der Waals surface area contributed by atoms with E-state index in [1.807, 2.05) is 0 Å². The minimum Gasteiger partial charge on any atom is -0.481 e. The number of hydrogen-bond donors (Lipinski definition) is 4. The van der Waals surface area contributed by atoms with Crippen molar-refractivity contribution >= 4 is 49.4 Å². The van der Waals surface area contributed by atoms with Gasteiger partial charge in [0, 0.05) is 37.1 Å². The Morgan fingerprint density at radius 1 is 0.529 bits per heavy atom. The summed E-state index contributed by atoms with van der Waals surface area (Å²) in [5.41, 5.74) is 0.257. The largest absolute Gasteiger partial charge is 0.481 e. The van der Waals surface area contributed by atoms with Gasteiger partial charge in [-0.15, -0.1) is 0 Å². The molecule has 0 bridgehead atoms. The van der Waals surface area contributed by atoms with Crippen molar-refractivity contribution in [2.24, 2.45) is 0 Å². The van der Waals surface area contributed by atoms with Gasteiger partial charge in [0.05, 0.1) is 9.92 Å². The predicted octanol–water partition coefficient (Wildman–Crippen LogP) is 8.10. The van der Waals surface area contributed by atoms with E-state index in [0.29, 0.717) is 25.7 Å². The molecule has 0 atom stereocenters. The fourth-order valence-electron chi connectivity index (χ4n) is 5.68. The highest BCUT2D eigenvalue weighted by atomic mass is 35.5. The molecule has 0 fully saturated rings. The summed E-state index contributed by atoms with van der Waals surface area (Å²) in [5, 5.41) is 17.2. The van der Waals surface area contributed by atoms with Gasteiger partial charge < -0.3 is 10.2 Å². The van der Waals surface area contributed by atoms with Crippen molar-refractivity contribution in [1.82, 2.24) is 9.44 Å². The molecule has 2 rings (SSSR count). The van der Waals surface area contributed by atoms with Crippen molar-refractivity contribution in [1.29, 1.82) is 0 Å². The number of rotatable bonds is 30. The van der Waals surface area contributed by atoms with Crippen molar-refractivity contribution < 1.29 is 41.4 Å². The number of carboxylic acid groups (broad SMARTS) is 2. The van der Waals surface area contributed by atoms with Gasteiger partial charge in [-0.1, -0.05) is 114 Å². The van der Waals surface area contributed by atoms with Crippen LogP contribution in [0.5, 0.6) is 0 Å². The smallest absolute Gasteiger partial charge is 0.303 e. The van der Waals surface area contributed by atoms with E-state index in [9.17, 15) is 31.2 Å². The van der Waals surface area contributed by atoms with Gasteiger partial charge in [-0.25, -0.2) is 26.3 Å². The maximum atomic E-state index is 13.2. The molecule has 0 aliphatic heterocycles. The zero-order chi connectivity index (χ0) is 37.5. The summed E-state index contributed by atoms with van der Waals surface area (Å²) >= 11 is 6.33. The number of aliphatic carboxylic acids is 2. The highest BCUT2D eigenvalue weighted by molar-refractivity contribution is 7.89. The lowest BCUT2D eigenvalue weighted by atomic mass is 10.0. The molecule has 0 unspecified atom stereocenters. The number of benzene rings is 2. The number of sulfonamides is 2. The average molecular weight is 771 g/mol. The third-order valence-corrected chi connectivity index (χ3v) is 12.0. The maximum Gasteiger partial charge on any atom is 0.303 e. The Bertz CT molecular complexity index is 1600. The molecule has 0 heterocycles. The molecular weight excluding hydrogens is 716 g/mol. The van der Waals surface area contributed by atoms with Crippen LogP contribution in [0, 0.1) is 0 Å². The number of unbranched alkanes of at least 4 members (excludes halogenated alkanes) is 16. The SMILES string of the molecule is O=C(O)CCCCCCCCCCCNS(=O)(=O)c1cccc(C(=O)c2ccc(S(=O)(=O)NCCCCCCCCCCCC(=O)O)c(Cl)c2)c1. The fourth-order valence-corrected chi connectivity index (χ4v) is 8.42. The van der Waals surface area contributed by atoms with Gasteiger partial charge in [0.1, 0.15) is 4.90 Å². The van der Waals surface area contributed by atoms with E-state index < -0.39 is 37.8 Å². The first kappa shape index (κ1) is 44.3. The summed E-state index contributed by atoms with van der Waals surface area (Å²) in [4.78, 5) is 34.1. The molecule has 14 heteroatoms. The summed E-state index contributed by atoms with van der Waals surface area (Å²) in [6, 6.07) is 9.61. The van der Waals surface area contributed by atoms with Crippen LogP contribution >= 0.6 is 11.6 Å². The Morgan fingerprint density at radius 3 is 1.39 bits per heavy atom. The first-order valence-corrected chi connectivity index (χ1v) is 21.5. The number of halogens is 1. The third kappa shape index (κ3) is 18.5. The lowest BCUT2D eigenvalue weighted by Crippen LogP contribution is -2.25. The van der Waals surface area contributed by atoms with E-state index in [-0.39, 0.29) is 51.9 Å². The van der Waals surface area contributed by atoms with Crippen molar-refractivity contribution in [3.05, 3.63) is 58.6 Å². The van der Waals surface area contributed by atoms with Gasteiger partial charge in [0.25, 0.3) is 0 Å². The number of carbonyl (C=O) groups excluding carboxylic acids is 1. The quantitative estimate of drug-likeness (QED) is 0.0450. The molecule has 4 N–H and O–H groups in total. The second-order valence-corrected chi connectivity index (χ2v) is 16.9. The monoisotopic (exact) mass is 770 g/mol. The van der Waals surface area contributed by atoms with Crippen LogP contribution in [-0.2, 0) is 29.6 Å². The van der Waals surface area contributed by atoms with Crippen LogP contribution in [0.25, 0.3) is 0 Å². The number of hydrogen-bond acceptors (Lipinski definition) is 7. The molecule has 0 saturated carbocycles. The molecule has 0 aliphatic rings. The molecule has 0 amide bonds. The summed E-state index contributed by atoms with van der Waals surface area (Å²) in [6.45, 7) is 0.525. The average Bonchev–Trinajstić information content (AvgIpc) is 3.08. The topological polar surface area (TPSA) is 184 Å². The molecule has 2 aromatic carbocycles. The van der Waals surface area contributed by atoms with E-state index in [4.69, 9.17) is 21.8 Å². The Kier molecular flexibility index (Phi) is 21.2. The summed E-state index contributed by atoms with van der Waals surface area (Å²) < 4.78 is 56.8. The molecule has 2 aromatic rings. The standard InChI is InChI=1S/C37H55ClN2O9S2/c38-33-29-31(24-25-34(33)51(48,49)40-27-18-14-10-6-2-4-8-12-16-23-36(43)44)37(45)30-20-19-21-32(28-30)50(46,47)39-26-17-13-9-5-1-3-7-11-15-22-35(41)42/h19-21,24-25,28-29,39-40H,1-18,22-23,26-27H2,(H,41,42)(H,43,44). The van der Waals surface area contributed by atoms with Crippen LogP contribution in [0.1, 0.15) is 144 Å². The van der Waals surface area contributed by atoms with Gasteiger partial charge >= 0.3 is 11.9 Å². The predicted molar refractivity (Wildman–Crippen MR) is 199 cm³/mol. The second kappa shape index (κ2) is 24.4. The third-order valence-electron chi connectivity index (χ3n) is 8.61. The van der Waals surface area contributed by atoms with Gasteiger partial charge in [0.2, 0.25) is 20.0 Å². The normalized spacial score (nSPS) is 11.9. The number of carboxylic acids is 2. The maximum absolute atomic E-state index is 13.2. The zero-order valence-electron chi connectivity index (χ0n) is 29.5. The van der Waals surface area contributed by atoms with Crippen LogP contribution in [-0.4, -0.2) is 57.9 Å². The molecule has 0 saturated heterocycles. The van der Waals surface area contributed by atoms with E-state index in [2.05, 4.69) is 9.44 Å². The van der Waals surface area contributed by atoms with Crippen LogP contribution in [0.3, 0.4) is 0 Å². The van der Waals surface area contributed by atoms with Crippen LogP contribution in [0.4, 0.5) is 0 Å². The number of carbonyl (C=O) groups is 3. The Labute approximate surface area is 309 Å². The Hall–Kier alpha value is -2.84. The molecule has 0 aromatic heterocycles. The first-order chi connectivity index (χ1) is 24.3. The molecular formula is C37H55ClN2O9S2. The fraction of sp³-hybridized carbons (Fsp3) is 0.595. The molecule has 11 nitrogen and oxygen atoms in total. The summed E-state index contributed by atoms with van der Waals surface area (Å²) in [6.07, 6.45) is 17.2. The van der Waals surface area contributed by atoms with Gasteiger partial charge in [-0.2, -0.15) is 0 Å². The summed E-state index contributed by atoms with van der Waals surface area (Å²) in [7, 11) is -7.75. The molecule has 286 valence electrons. The van der Waals surface area contributed by atoms with E-state index >= 15 is 0 Å². The minimum atomic E-state index is -3.90. The first-order valence-electron chi connectivity index (χ1n) is 18.2. The molecule has 0 aliphatic carbocycles. The lowest BCUT2D eigenvalue weighted by molar-refractivity contribution is -0.138. The Morgan fingerprint density at radius 2 is 0.941 bits per heavy atom. The molecule has 0 radical (unpaired) electrons. The van der Waals surface area contributed by atoms with Crippen LogP contribution in [0.15, 0.2) is 52.3 Å².